The van der Waals surface area contributed by atoms with Crippen molar-refractivity contribution in [3.8, 4) is 0 Å². The van der Waals surface area contributed by atoms with Gasteiger partial charge in [0.2, 0.25) is 5.91 Å². The fourth-order valence-electron chi connectivity index (χ4n) is 3.24. The highest BCUT2D eigenvalue weighted by molar-refractivity contribution is 6.18. The van der Waals surface area contributed by atoms with Gasteiger partial charge in [0, 0.05) is 19.0 Å². The standard InChI is InChI=1S/C12H21ClN2O/c1-9(14)11(16)15-5-4-12(8-15)3-2-10(6-12)7-13/h9-10H,2-8,14H2,1H3/t9-,10-,12-/m0/s1. The number of carbonyl (C=O) groups excluding carboxylic acids is 1. The van der Waals surface area contributed by atoms with Crippen LogP contribution in [0.4, 0.5) is 0 Å². The van der Waals surface area contributed by atoms with Crippen LogP contribution in [-0.2, 0) is 4.79 Å². The second-order valence-corrected chi connectivity index (χ2v) is 5.87. The Kier molecular flexibility index (Phi) is 3.45. The Morgan fingerprint density at radius 1 is 1.62 bits per heavy atom. The van der Waals surface area contributed by atoms with Crippen LogP contribution in [0.3, 0.4) is 0 Å². The van der Waals surface area contributed by atoms with Crippen molar-refractivity contribution in [3.63, 3.8) is 0 Å². The second kappa shape index (κ2) is 4.53. The minimum absolute atomic E-state index is 0.103. The Bertz CT molecular complexity index is 282. The average molecular weight is 245 g/mol. The van der Waals surface area contributed by atoms with Gasteiger partial charge in [-0.1, -0.05) is 0 Å². The number of nitrogens with zero attached hydrogens (tertiary/aromatic N) is 1. The monoisotopic (exact) mass is 244 g/mol. The van der Waals surface area contributed by atoms with E-state index in [1.165, 1.54) is 19.3 Å². The van der Waals surface area contributed by atoms with Crippen LogP contribution in [0.15, 0.2) is 0 Å². The summed E-state index contributed by atoms with van der Waals surface area (Å²) >= 11 is 5.92. The predicted octanol–water partition coefficient (Wildman–Crippen LogP) is 1.59. The van der Waals surface area contributed by atoms with E-state index in [1.807, 2.05) is 4.90 Å². The molecular formula is C12H21ClN2O. The van der Waals surface area contributed by atoms with Crippen LogP contribution in [0.5, 0.6) is 0 Å². The Balaban J connectivity index is 1.95. The molecule has 1 amide bonds. The lowest BCUT2D eigenvalue weighted by molar-refractivity contribution is -0.131. The lowest BCUT2D eigenvalue weighted by atomic mass is 9.85. The number of amides is 1. The van der Waals surface area contributed by atoms with E-state index in [2.05, 4.69) is 0 Å². The summed E-state index contributed by atoms with van der Waals surface area (Å²) in [7, 11) is 0. The average Bonchev–Trinajstić information content (AvgIpc) is 2.85. The molecule has 0 bridgehead atoms. The highest BCUT2D eigenvalue weighted by Gasteiger charge is 2.45. The largest absolute Gasteiger partial charge is 0.341 e. The first kappa shape index (κ1) is 12.2. The summed E-state index contributed by atoms with van der Waals surface area (Å²) in [6.07, 6.45) is 4.79. The molecule has 0 aromatic rings. The summed E-state index contributed by atoms with van der Waals surface area (Å²) in [5, 5.41) is 0. The minimum atomic E-state index is -0.361. The molecule has 1 saturated carbocycles. The van der Waals surface area contributed by atoms with Crippen LogP contribution in [0.25, 0.3) is 0 Å². The van der Waals surface area contributed by atoms with Crippen molar-refractivity contribution in [1.82, 2.24) is 4.90 Å². The number of hydrogen-bond acceptors (Lipinski definition) is 2. The van der Waals surface area contributed by atoms with E-state index in [9.17, 15) is 4.79 Å². The van der Waals surface area contributed by atoms with Gasteiger partial charge < -0.3 is 10.6 Å². The Morgan fingerprint density at radius 3 is 2.94 bits per heavy atom. The highest BCUT2D eigenvalue weighted by atomic mass is 35.5. The first-order chi connectivity index (χ1) is 7.56. The molecule has 2 aliphatic rings. The van der Waals surface area contributed by atoms with Gasteiger partial charge in [-0.3, -0.25) is 4.79 Å². The third-order valence-electron chi connectivity index (χ3n) is 4.16. The van der Waals surface area contributed by atoms with Crippen molar-refractivity contribution < 1.29 is 4.79 Å². The third kappa shape index (κ3) is 2.21. The number of likely N-dealkylation sites (tertiary alicyclic amines) is 1. The molecular weight excluding hydrogens is 224 g/mol. The first-order valence-corrected chi connectivity index (χ1v) is 6.70. The molecule has 1 aliphatic heterocycles. The number of rotatable bonds is 2. The molecule has 3 atom stereocenters. The molecule has 1 heterocycles. The maximum Gasteiger partial charge on any atom is 0.239 e. The van der Waals surface area contributed by atoms with Crippen molar-refractivity contribution in [2.75, 3.05) is 19.0 Å². The molecule has 4 heteroatoms. The zero-order valence-corrected chi connectivity index (χ0v) is 10.7. The van der Waals surface area contributed by atoms with Crippen molar-refractivity contribution in [2.45, 2.75) is 38.6 Å². The number of halogens is 1. The number of hydrogen-bond donors (Lipinski definition) is 1. The molecule has 2 rings (SSSR count). The molecule has 0 radical (unpaired) electrons. The van der Waals surface area contributed by atoms with E-state index < -0.39 is 0 Å². The summed E-state index contributed by atoms with van der Waals surface area (Å²) in [5.74, 6) is 1.53. The molecule has 0 aromatic heterocycles. The highest BCUT2D eigenvalue weighted by Crippen LogP contribution is 2.48. The van der Waals surface area contributed by atoms with E-state index in [4.69, 9.17) is 17.3 Å². The number of nitrogens with two attached hydrogens (primary N) is 1. The van der Waals surface area contributed by atoms with E-state index in [1.54, 1.807) is 6.92 Å². The minimum Gasteiger partial charge on any atom is -0.341 e. The fourth-order valence-corrected chi connectivity index (χ4v) is 3.50. The van der Waals surface area contributed by atoms with E-state index >= 15 is 0 Å². The first-order valence-electron chi connectivity index (χ1n) is 6.17. The molecule has 1 saturated heterocycles. The van der Waals surface area contributed by atoms with Gasteiger partial charge in [-0.05, 0) is 43.9 Å². The van der Waals surface area contributed by atoms with Gasteiger partial charge in [-0.25, -0.2) is 0 Å². The lowest BCUT2D eigenvalue weighted by Crippen LogP contribution is -2.41. The fraction of sp³-hybridized carbons (Fsp3) is 0.917. The summed E-state index contributed by atoms with van der Waals surface area (Å²) in [5.41, 5.74) is 6.01. The van der Waals surface area contributed by atoms with Gasteiger partial charge in [0.25, 0.3) is 0 Å². The molecule has 2 fully saturated rings. The Labute approximate surface area is 102 Å². The summed E-state index contributed by atoms with van der Waals surface area (Å²) in [4.78, 5) is 13.8. The van der Waals surface area contributed by atoms with Gasteiger partial charge in [-0.15, -0.1) is 11.6 Å². The normalized spacial score (nSPS) is 35.9. The van der Waals surface area contributed by atoms with E-state index in [-0.39, 0.29) is 11.9 Å². The predicted molar refractivity (Wildman–Crippen MR) is 65.3 cm³/mol. The van der Waals surface area contributed by atoms with Crippen LogP contribution in [0.1, 0.15) is 32.6 Å². The molecule has 3 nitrogen and oxygen atoms in total. The maximum absolute atomic E-state index is 11.8. The number of alkyl halides is 1. The van der Waals surface area contributed by atoms with Gasteiger partial charge in [0.15, 0.2) is 0 Å². The molecule has 0 unspecified atom stereocenters. The number of carbonyl (C=O) groups is 1. The molecule has 2 N–H and O–H groups in total. The SMILES string of the molecule is C[C@H](N)C(=O)N1CC[C@]2(CC[C@H](CCl)C2)C1. The third-order valence-corrected chi connectivity index (χ3v) is 4.60. The maximum atomic E-state index is 11.8. The smallest absolute Gasteiger partial charge is 0.239 e. The van der Waals surface area contributed by atoms with Crippen LogP contribution in [0, 0.1) is 11.3 Å². The quantitative estimate of drug-likeness (QED) is 0.750. The molecule has 92 valence electrons. The summed E-state index contributed by atoms with van der Waals surface area (Å²) < 4.78 is 0. The van der Waals surface area contributed by atoms with Crippen molar-refractivity contribution in [3.05, 3.63) is 0 Å². The van der Waals surface area contributed by atoms with Crippen molar-refractivity contribution in [2.24, 2.45) is 17.1 Å². The van der Waals surface area contributed by atoms with E-state index in [0.717, 1.165) is 25.4 Å². The Hall–Kier alpha value is -0.280. The second-order valence-electron chi connectivity index (χ2n) is 5.56. The zero-order chi connectivity index (χ0) is 11.8. The van der Waals surface area contributed by atoms with Crippen molar-refractivity contribution in [1.29, 1.82) is 0 Å². The Morgan fingerprint density at radius 2 is 2.38 bits per heavy atom. The van der Waals surface area contributed by atoms with Gasteiger partial charge >= 0.3 is 0 Å². The topological polar surface area (TPSA) is 46.3 Å². The van der Waals surface area contributed by atoms with Gasteiger partial charge in [0.1, 0.15) is 0 Å². The van der Waals surface area contributed by atoms with Crippen LogP contribution >= 0.6 is 11.6 Å². The molecule has 1 aliphatic carbocycles. The summed E-state index contributed by atoms with van der Waals surface area (Å²) in [6.45, 7) is 3.56. The van der Waals surface area contributed by atoms with Crippen LogP contribution in [0.2, 0.25) is 0 Å². The molecule has 0 aromatic carbocycles. The van der Waals surface area contributed by atoms with Crippen molar-refractivity contribution >= 4 is 17.5 Å². The summed E-state index contributed by atoms with van der Waals surface area (Å²) in [6, 6.07) is -0.361. The molecule has 16 heavy (non-hydrogen) atoms. The zero-order valence-electron chi connectivity index (χ0n) is 9.92. The van der Waals surface area contributed by atoms with Crippen LogP contribution in [-0.4, -0.2) is 35.8 Å². The van der Waals surface area contributed by atoms with Gasteiger partial charge in [-0.2, -0.15) is 0 Å². The van der Waals surface area contributed by atoms with E-state index in [0.29, 0.717) is 11.3 Å². The van der Waals surface area contributed by atoms with Gasteiger partial charge in [0.05, 0.1) is 6.04 Å². The lowest BCUT2D eigenvalue weighted by Gasteiger charge is -2.25. The molecule has 1 spiro atoms. The van der Waals surface area contributed by atoms with Crippen LogP contribution < -0.4 is 5.73 Å².